The van der Waals surface area contributed by atoms with Crippen LogP contribution in [0, 0.1) is 17.8 Å². The highest BCUT2D eigenvalue weighted by molar-refractivity contribution is 6.04. The van der Waals surface area contributed by atoms with Crippen molar-refractivity contribution < 1.29 is 14.4 Å². The third kappa shape index (κ3) is 1.94. The Labute approximate surface area is 76.7 Å². The number of hydrogen-bond donors (Lipinski definition) is 1. The van der Waals surface area contributed by atoms with Crippen LogP contribution in [0.15, 0.2) is 0 Å². The van der Waals surface area contributed by atoms with Gasteiger partial charge in [0.2, 0.25) is 11.8 Å². The second-order valence-electron chi connectivity index (χ2n) is 3.60. The first-order chi connectivity index (χ1) is 6.06. The van der Waals surface area contributed by atoms with Crippen LogP contribution in [0.25, 0.3) is 0 Å². The van der Waals surface area contributed by atoms with Crippen molar-refractivity contribution in [3.63, 3.8) is 0 Å². The number of nitrogens with one attached hydrogen (secondary N) is 1. The molecule has 0 saturated carbocycles. The highest BCUT2D eigenvalue weighted by Crippen LogP contribution is 2.24. The number of aldehydes is 1. The van der Waals surface area contributed by atoms with Gasteiger partial charge in [-0.1, -0.05) is 13.8 Å². The number of rotatable bonds is 3. The average Bonchev–Trinajstić information content (AvgIpc) is 2.32. The maximum absolute atomic E-state index is 11.2. The van der Waals surface area contributed by atoms with Crippen LogP contribution in [0.3, 0.4) is 0 Å². The minimum absolute atomic E-state index is 0.163. The van der Waals surface area contributed by atoms with Crippen molar-refractivity contribution in [3.8, 4) is 0 Å². The summed E-state index contributed by atoms with van der Waals surface area (Å²) in [7, 11) is 0. The fraction of sp³-hybridized carbons (Fsp3) is 0.667. The van der Waals surface area contributed by atoms with Crippen molar-refractivity contribution in [2.24, 2.45) is 17.8 Å². The Kier molecular flexibility index (Phi) is 2.80. The normalized spacial score (nSPS) is 30.0. The molecule has 3 unspecified atom stereocenters. The molecule has 1 N–H and O–H groups in total. The van der Waals surface area contributed by atoms with E-state index in [1.165, 1.54) is 0 Å². The number of carbonyl (C=O) groups is 3. The summed E-state index contributed by atoms with van der Waals surface area (Å²) in [6, 6.07) is 0. The van der Waals surface area contributed by atoms with E-state index in [9.17, 15) is 14.4 Å². The van der Waals surface area contributed by atoms with Crippen molar-refractivity contribution in [2.45, 2.75) is 20.3 Å². The lowest BCUT2D eigenvalue weighted by Crippen LogP contribution is -2.23. The van der Waals surface area contributed by atoms with E-state index in [2.05, 4.69) is 5.32 Å². The van der Waals surface area contributed by atoms with Gasteiger partial charge in [0, 0.05) is 11.8 Å². The fourth-order valence-corrected chi connectivity index (χ4v) is 1.51. The lowest BCUT2D eigenvalue weighted by molar-refractivity contribution is -0.126. The molecule has 3 atom stereocenters. The minimum Gasteiger partial charge on any atom is -0.303 e. The van der Waals surface area contributed by atoms with Gasteiger partial charge in [-0.05, 0) is 6.42 Å². The topological polar surface area (TPSA) is 63.2 Å². The first-order valence-electron chi connectivity index (χ1n) is 4.36. The molecule has 1 rings (SSSR count). The van der Waals surface area contributed by atoms with Gasteiger partial charge in [0.1, 0.15) is 6.29 Å². The maximum atomic E-state index is 11.2. The van der Waals surface area contributed by atoms with Crippen LogP contribution in [-0.2, 0) is 14.4 Å². The Bertz CT molecular complexity index is 249. The van der Waals surface area contributed by atoms with Gasteiger partial charge in [0.25, 0.3) is 0 Å². The van der Waals surface area contributed by atoms with Gasteiger partial charge in [-0.25, -0.2) is 0 Å². The second kappa shape index (κ2) is 3.68. The fourth-order valence-electron chi connectivity index (χ4n) is 1.51. The molecular weight excluding hydrogens is 170 g/mol. The molecule has 2 amide bonds. The summed E-state index contributed by atoms with van der Waals surface area (Å²) < 4.78 is 0. The molecule has 0 radical (unpaired) electrons. The minimum atomic E-state index is -0.326. The summed E-state index contributed by atoms with van der Waals surface area (Å²) in [5.74, 6) is -1.26. The van der Waals surface area contributed by atoms with Crippen LogP contribution in [0.4, 0.5) is 0 Å². The summed E-state index contributed by atoms with van der Waals surface area (Å²) in [6.07, 6.45) is 1.27. The van der Waals surface area contributed by atoms with Gasteiger partial charge in [-0.15, -0.1) is 0 Å². The molecule has 1 saturated heterocycles. The SMILES string of the molecule is CC(C=O)CC1C(=O)NC(=O)C1C. The lowest BCUT2D eigenvalue weighted by atomic mass is 9.88. The highest BCUT2D eigenvalue weighted by Gasteiger charge is 2.38. The molecule has 72 valence electrons. The zero-order valence-electron chi connectivity index (χ0n) is 7.74. The third-order valence-corrected chi connectivity index (χ3v) is 2.46. The zero-order valence-corrected chi connectivity index (χ0v) is 7.74. The summed E-state index contributed by atoms with van der Waals surface area (Å²) in [5.41, 5.74) is 0. The number of amides is 2. The standard InChI is InChI=1S/C9H13NO3/c1-5(4-11)3-7-6(2)8(12)10-9(7)13/h4-7H,3H2,1-2H3,(H,10,12,13). The largest absolute Gasteiger partial charge is 0.303 e. The molecule has 13 heavy (non-hydrogen) atoms. The van der Waals surface area contributed by atoms with Crippen LogP contribution in [0.5, 0.6) is 0 Å². The highest BCUT2D eigenvalue weighted by atomic mass is 16.2. The smallest absolute Gasteiger partial charge is 0.230 e. The molecule has 0 spiro atoms. The van der Waals surface area contributed by atoms with E-state index in [-0.39, 0.29) is 29.6 Å². The Hall–Kier alpha value is -1.19. The molecule has 4 heteroatoms. The van der Waals surface area contributed by atoms with E-state index in [1.807, 2.05) is 0 Å². The first kappa shape index (κ1) is 9.89. The van der Waals surface area contributed by atoms with E-state index in [0.29, 0.717) is 6.42 Å². The summed E-state index contributed by atoms with van der Waals surface area (Å²) in [4.78, 5) is 32.6. The molecule has 1 heterocycles. The quantitative estimate of drug-likeness (QED) is 0.499. The van der Waals surface area contributed by atoms with Crippen molar-refractivity contribution in [1.29, 1.82) is 0 Å². The summed E-state index contributed by atoms with van der Waals surface area (Å²) in [6.45, 7) is 3.46. The van der Waals surface area contributed by atoms with Crippen LogP contribution in [-0.4, -0.2) is 18.1 Å². The molecule has 1 fully saturated rings. The average molecular weight is 183 g/mol. The van der Waals surface area contributed by atoms with E-state index in [1.54, 1.807) is 13.8 Å². The second-order valence-corrected chi connectivity index (χ2v) is 3.60. The molecular formula is C9H13NO3. The van der Waals surface area contributed by atoms with E-state index >= 15 is 0 Å². The molecule has 0 aromatic carbocycles. The third-order valence-electron chi connectivity index (χ3n) is 2.46. The van der Waals surface area contributed by atoms with Gasteiger partial charge in [0.05, 0.1) is 5.92 Å². The number of imide groups is 1. The molecule has 0 aromatic rings. The molecule has 4 nitrogen and oxygen atoms in total. The van der Waals surface area contributed by atoms with Gasteiger partial charge in [-0.3, -0.25) is 14.9 Å². The van der Waals surface area contributed by atoms with Crippen molar-refractivity contribution >= 4 is 18.1 Å². The zero-order chi connectivity index (χ0) is 10.0. The molecule has 1 aliphatic heterocycles. The van der Waals surface area contributed by atoms with Crippen molar-refractivity contribution in [3.05, 3.63) is 0 Å². The van der Waals surface area contributed by atoms with Crippen LogP contribution in [0.2, 0.25) is 0 Å². The Morgan fingerprint density at radius 1 is 1.46 bits per heavy atom. The molecule has 0 aromatic heterocycles. The van der Waals surface area contributed by atoms with Crippen molar-refractivity contribution in [2.75, 3.05) is 0 Å². The van der Waals surface area contributed by atoms with Gasteiger partial charge >= 0.3 is 0 Å². The molecule has 0 bridgehead atoms. The van der Waals surface area contributed by atoms with Crippen molar-refractivity contribution in [1.82, 2.24) is 5.32 Å². The maximum Gasteiger partial charge on any atom is 0.230 e. The van der Waals surface area contributed by atoms with Crippen LogP contribution < -0.4 is 5.32 Å². The van der Waals surface area contributed by atoms with Crippen LogP contribution >= 0.6 is 0 Å². The lowest BCUT2D eigenvalue weighted by Gasteiger charge is -2.11. The predicted octanol–water partition coefficient (Wildman–Crippen LogP) is 0.120. The Morgan fingerprint density at radius 3 is 2.46 bits per heavy atom. The Morgan fingerprint density at radius 2 is 2.08 bits per heavy atom. The van der Waals surface area contributed by atoms with Crippen LogP contribution in [0.1, 0.15) is 20.3 Å². The number of hydrogen-bond acceptors (Lipinski definition) is 3. The monoisotopic (exact) mass is 183 g/mol. The van der Waals surface area contributed by atoms with E-state index < -0.39 is 0 Å². The van der Waals surface area contributed by atoms with Gasteiger partial charge < -0.3 is 4.79 Å². The first-order valence-corrected chi connectivity index (χ1v) is 4.36. The number of carbonyl (C=O) groups excluding carboxylic acids is 3. The van der Waals surface area contributed by atoms with Gasteiger partial charge in [-0.2, -0.15) is 0 Å². The van der Waals surface area contributed by atoms with E-state index in [4.69, 9.17) is 0 Å². The molecule has 1 aliphatic rings. The summed E-state index contributed by atoms with van der Waals surface area (Å²) in [5, 5.41) is 2.25. The predicted molar refractivity (Wildman–Crippen MR) is 45.6 cm³/mol. The Balaban J connectivity index is 2.63. The molecule has 0 aliphatic carbocycles. The van der Waals surface area contributed by atoms with Gasteiger partial charge in [0.15, 0.2) is 0 Å². The summed E-state index contributed by atoms with van der Waals surface area (Å²) >= 11 is 0. The van der Waals surface area contributed by atoms with E-state index in [0.717, 1.165) is 6.29 Å².